The number of fused-ring (bicyclic) bond motifs is 6. The molecule has 7 rings (SSSR count). The zero-order valence-electron chi connectivity index (χ0n) is 30.3. The monoisotopic (exact) mass is 730 g/mol. The van der Waals surface area contributed by atoms with Crippen molar-refractivity contribution in [2.45, 2.75) is 102 Å². The SMILES string of the molecule is C#Cc1cccc2c(F)c(NC(=O)OC(C)(C)C)cc(-c3nc4c5c(nc(SC)nc5c3F)N3C[C@H]5CC[C@@H]([C@H]3[C@H](C)O4)N5C(=O)OC(C)(C)C)c12. The summed E-state index contributed by atoms with van der Waals surface area (Å²) in [5.41, 5.74) is -1.63. The molecule has 0 unspecified atom stereocenters. The molecule has 0 aliphatic carbocycles. The van der Waals surface area contributed by atoms with Gasteiger partial charge >= 0.3 is 12.2 Å². The van der Waals surface area contributed by atoms with Gasteiger partial charge in [0.05, 0.1) is 23.8 Å². The molecule has 2 amide bonds. The summed E-state index contributed by atoms with van der Waals surface area (Å²) in [7, 11) is 0. The first-order valence-electron chi connectivity index (χ1n) is 17.1. The molecule has 2 aromatic carbocycles. The molecule has 2 saturated heterocycles. The maximum absolute atomic E-state index is 17.3. The van der Waals surface area contributed by atoms with Crippen molar-refractivity contribution in [3.63, 3.8) is 0 Å². The number of rotatable bonds is 3. The molecule has 5 heterocycles. The zero-order valence-corrected chi connectivity index (χ0v) is 31.1. The predicted octanol–water partition coefficient (Wildman–Crippen LogP) is 7.91. The number of pyridine rings is 1. The van der Waals surface area contributed by atoms with Gasteiger partial charge in [0, 0.05) is 28.4 Å². The average molecular weight is 731 g/mol. The van der Waals surface area contributed by atoms with E-state index in [1.807, 2.05) is 32.6 Å². The first kappa shape index (κ1) is 35.5. The number of aromatic nitrogens is 3. The summed E-state index contributed by atoms with van der Waals surface area (Å²) in [4.78, 5) is 44.5. The first-order chi connectivity index (χ1) is 24.5. The summed E-state index contributed by atoms with van der Waals surface area (Å²) in [6, 6.07) is 5.19. The molecule has 1 N–H and O–H groups in total. The Morgan fingerprint density at radius 3 is 2.44 bits per heavy atom. The van der Waals surface area contributed by atoms with Crippen LogP contribution < -0.4 is 15.0 Å². The Bertz CT molecular complexity index is 2200. The summed E-state index contributed by atoms with van der Waals surface area (Å²) in [6.07, 6.45) is 7.34. The van der Waals surface area contributed by atoms with Crippen LogP contribution in [-0.2, 0) is 9.47 Å². The number of ether oxygens (including phenoxy) is 3. The Hall–Kier alpha value is -4.90. The topological polar surface area (TPSA) is 119 Å². The highest BCUT2D eigenvalue weighted by Gasteiger charge is 2.54. The molecule has 272 valence electrons. The van der Waals surface area contributed by atoms with E-state index >= 15 is 8.78 Å². The minimum absolute atomic E-state index is 0.0403. The summed E-state index contributed by atoms with van der Waals surface area (Å²) in [5.74, 6) is 1.53. The molecule has 52 heavy (non-hydrogen) atoms. The number of hydrogen-bond acceptors (Lipinski definition) is 10. The molecule has 0 saturated carbocycles. The summed E-state index contributed by atoms with van der Waals surface area (Å²) in [6.45, 7) is 12.9. The predicted molar refractivity (Wildman–Crippen MR) is 196 cm³/mol. The molecule has 4 aromatic rings. The van der Waals surface area contributed by atoms with Gasteiger partial charge in [-0.3, -0.25) is 10.2 Å². The van der Waals surface area contributed by atoms with Gasteiger partial charge in [-0.15, -0.1) is 6.42 Å². The minimum Gasteiger partial charge on any atom is -0.472 e. The molecule has 2 bridgehead atoms. The highest BCUT2D eigenvalue weighted by atomic mass is 32.2. The Morgan fingerprint density at radius 1 is 1.04 bits per heavy atom. The van der Waals surface area contributed by atoms with Crippen molar-refractivity contribution in [1.29, 1.82) is 0 Å². The number of carbonyl (C=O) groups excluding carboxylic acids is 2. The smallest absolute Gasteiger partial charge is 0.412 e. The zero-order chi connectivity index (χ0) is 37.4. The second-order valence-electron chi connectivity index (χ2n) is 15.3. The van der Waals surface area contributed by atoms with Gasteiger partial charge in [-0.05, 0) is 79.7 Å². The van der Waals surface area contributed by atoms with Crippen LogP contribution in [-0.4, -0.2) is 80.3 Å². The van der Waals surface area contributed by atoms with Crippen molar-refractivity contribution in [3.8, 4) is 29.5 Å². The van der Waals surface area contributed by atoms with E-state index in [0.717, 1.165) is 12.8 Å². The van der Waals surface area contributed by atoms with Crippen LogP contribution in [0, 0.1) is 24.0 Å². The number of anilines is 2. The number of benzene rings is 2. The molecule has 3 aliphatic rings. The third-order valence-electron chi connectivity index (χ3n) is 9.40. The van der Waals surface area contributed by atoms with Crippen LogP contribution in [0.5, 0.6) is 5.88 Å². The lowest BCUT2D eigenvalue weighted by Crippen LogP contribution is -2.65. The molecule has 4 atom stereocenters. The Kier molecular flexibility index (Phi) is 8.64. The third-order valence-corrected chi connectivity index (χ3v) is 9.95. The molecule has 2 fully saturated rings. The maximum Gasteiger partial charge on any atom is 0.412 e. The van der Waals surface area contributed by atoms with E-state index in [9.17, 15) is 9.59 Å². The van der Waals surface area contributed by atoms with Gasteiger partial charge in [-0.25, -0.2) is 33.3 Å². The van der Waals surface area contributed by atoms with Gasteiger partial charge in [-0.1, -0.05) is 29.8 Å². The quantitative estimate of drug-likeness (QED) is 0.127. The van der Waals surface area contributed by atoms with Crippen LogP contribution in [0.15, 0.2) is 29.4 Å². The van der Waals surface area contributed by atoms with Crippen molar-refractivity contribution in [2.75, 3.05) is 23.0 Å². The standard InChI is InChI=1S/C38H40F2N6O5S/c1-10-19-12-11-13-21-25(19)22(16-23(27(21)39)41-35(47)50-37(3,4)5)29-28(40)30-26-32(44-34(43-30)52-9)45-17-20-14-15-24(31(45)18(2)49-33(26)42-29)46(20)36(48)51-38(6,7)8/h1,11-13,16,18,20,24,31H,14-15,17H2,2-9H3,(H,41,47)/t18-,20+,24-,31+/m0/s1. The van der Waals surface area contributed by atoms with E-state index in [2.05, 4.69) is 21.1 Å². The number of thioether (sulfide) groups is 1. The Balaban J connectivity index is 1.43. The van der Waals surface area contributed by atoms with Gasteiger partial charge in [0.1, 0.15) is 39.7 Å². The number of nitrogens with zero attached hydrogens (tertiary/aromatic N) is 5. The molecular weight excluding hydrogens is 691 g/mol. The first-order valence-corrected chi connectivity index (χ1v) is 18.3. The third kappa shape index (κ3) is 6.08. The highest BCUT2D eigenvalue weighted by Crippen LogP contribution is 2.47. The van der Waals surface area contributed by atoms with Crippen molar-refractivity contribution in [1.82, 2.24) is 19.9 Å². The van der Waals surface area contributed by atoms with E-state index in [0.29, 0.717) is 23.1 Å². The molecular formula is C38H40F2N6O5S. The molecule has 14 heteroatoms. The lowest BCUT2D eigenvalue weighted by atomic mass is 9.95. The summed E-state index contributed by atoms with van der Waals surface area (Å²) < 4.78 is 51.2. The van der Waals surface area contributed by atoms with Crippen molar-refractivity contribution < 1.29 is 32.6 Å². The summed E-state index contributed by atoms with van der Waals surface area (Å²) >= 11 is 1.25. The van der Waals surface area contributed by atoms with Crippen molar-refractivity contribution in [3.05, 3.63) is 41.5 Å². The number of amides is 2. The number of nitrogens with one attached hydrogen (secondary N) is 1. The van der Waals surface area contributed by atoms with E-state index in [1.165, 1.54) is 23.9 Å². The fraction of sp³-hybridized carbons (Fsp3) is 0.447. The van der Waals surface area contributed by atoms with Crippen LogP contribution in [0.4, 0.5) is 29.9 Å². The number of carbonyl (C=O) groups is 2. The van der Waals surface area contributed by atoms with Gasteiger partial charge in [-0.2, -0.15) is 0 Å². The van der Waals surface area contributed by atoms with Crippen molar-refractivity contribution >= 4 is 57.1 Å². The lowest BCUT2D eigenvalue weighted by molar-refractivity contribution is 0.000929. The number of terminal acetylenes is 1. The fourth-order valence-corrected chi connectivity index (χ4v) is 7.91. The molecule has 0 spiro atoms. The normalized spacial score (nSPS) is 20.9. The summed E-state index contributed by atoms with van der Waals surface area (Å²) in [5, 5.41) is 3.35. The van der Waals surface area contributed by atoms with Gasteiger partial charge in [0.2, 0.25) is 5.88 Å². The molecule has 11 nitrogen and oxygen atoms in total. The van der Waals surface area contributed by atoms with Gasteiger partial charge < -0.3 is 19.1 Å². The van der Waals surface area contributed by atoms with Crippen molar-refractivity contribution in [2.24, 2.45) is 0 Å². The van der Waals surface area contributed by atoms with Crippen LogP contribution >= 0.6 is 11.8 Å². The van der Waals surface area contributed by atoms with Crippen LogP contribution in [0.3, 0.4) is 0 Å². The minimum atomic E-state index is -0.895. The maximum atomic E-state index is 17.3. The van der Waals surface area contributed by atoms with E-state index in [-0.39, 0.29) is 68.7 Å². The second-order valence-corrected chi connectivity index (χ2v) is 16.0. The van der Waals surface area contributed by atoms with E-state index in [4.69, 9.17) is 30.6 Å². The number of halogens is 2. The molecule has 3 aliphatic heterocycles. The van der Waals surface area contributed by atoms with Gasteiger partial charge in [0.15, 0.2) is 16.8 Å². The Morgan fingerprint density at radius 2 is 1.77 bits per heavy atom. The number of piperazine rings is 1. The number of hydrogen-bond donors (Lipinski definition) is 1. The molecule has 0 radical (unpaired) electrons. The average Bonchev–Trinajstić information content (AvgIpc) is 3.31. The van der Waals surface area contributed by atoms with E-state index < -0.39 is 35.0 Å². The fourth-order valence-electron chi connectivity index (χ4n) is 7.55. The second kappa shape index (κ2) is 12.6. The van der Waals surface area contributed by atoms with Crippen LogP contribution in [0.1, 0.15) is 66.9 Å². The highest BCUT2D eigenvalue weighted by molar-refractivity contribution is 7.98. The van der Waals surface area contributed by atoms with E-state index in [1.54, 1.807) is 39.2 Å². The largest absolute Gasteiger partial charge is 0.472 e. The lowest BCUT2D eigenvalue weighted by Gasteiger charge is -2.48. The van der Waals surface area contributed by atoms with Crippen LogP contribution in [0.2, 0.25) is 0 Å². The molecule has 2 aromatic heterocycles. The van der Waals surface area contributed by atoms with Gasteiger partial charge in [0.25, 0.3) is 0 Å². The Labute approximate surface area is 304 Å². The van der Waals surface area contributed by atoms with Crippen LogP contribution in [0.25, 0.3) is 32.9 Å².